The summed E-state index contributed by atoms with van der Waals surface area (Å²) >= 11 is 0. The number of carbonyl (C=O) groups excluding carboxylic acids is 1. The molecule has 0 bridgehead atoms. The number of nitrogens with zero attached hydrogens (tertiary/aromatic N) is 1. The molecule has 1 aromatic heterocycles. The van der Waals surface area contributed by atoms with Crippen LogP contribution < -0.4 is 15.7 Å². The molecule has 1 N–H and O–H groups in total. The number of rotatable bonds is 6. The van der Waals surface area contributed by atoms with Gasteiger partial charge < -0.3 is 19.2 Å². The molecule has 156 valence electrons. The Morgan fingerprint density at radius 1 is 1.24 bits per heavy atom. The van der Waals surface area contributed by atoms with Crippen molar-refractivity contribution in [1.82, 2.24) is 10.2 Å². The van der Waals surface area contributed by atoms with Crippen LogP contribution in [0.2, 0.25) is 0 Å². The number of hydrogen-bond acceptors (Lipinski definition) is 6. The highest BCUT2D eigenvalue weighted by Crippen LogP contribution is 2.35. The van der Waals surface area contributed by atoms with Gasteiger partial charge in [0.1, 0.15) is 11.3 Å². The smallest absolute Gasteiger partial charge is 0.339 e. The molecule has 1 amide bonds. The second-order valence-corrected chi connectivity index (χ2v) is 7.84. The number of carbonyl (C=O) groups is 1. The van der Waals surface area contributed by atoms with Crippen LogP contribution in [0, 0.1) is 6.92 Å². The van der Waals surface area contributed by atoms with E-state index < -0.39 is 6.10 Å². The van der Waals surface area contributed by atoms with Crippen LogP contribution in [0.4, 0.5) is 0 Å². The molecule has 1 saturated heterocycles. The van der Waals surface area contributed by atoms with E-state index in [1.165, 1.54) is 0 Å². The second-order valence-electron chi connectivity index (χ2n) is 7.84. The minimum absolute atomic E-state index is 0.151. The first-order chi connectivity index (χ1) is 14.0. The summed E-state index contributed by atoms with van der Waals surface area (Å²) in [5, 5.41) is 3.78. The molecule has 7 nitrogen and oxygen atoms in total. The molecular formula is C22H28N2O5. The summed E-state index contributed by atoms with van der Waals surface area (Å²) < 4.78 is 17.0. The molecule has 1 atom stereocenters. The summed E-state index contributed by atoms with van der Waals surface area (Å²) in [5.74, 6) is 0.458. The Morgan fingerprint density at radius 3 is 2.79 bits per heavy atom. The van der Waals surface area contributed by atoms with E-state index >= 15 is 0 Å². The van der Waals surface area contributed by atoms with Crippen LogP contribution in [0.1, 0.15) is 30.0 Å². The van der Waals surface area contributed by atoms with E-state index in [-0.39, 0.29) is 11.5 Å². The monoisotopic (exact) mass is 400 g/mol. The molecule has 2 aromatic rings. The predicted octanol–water partition coefficient (Wildman–Crippen LogP) is 1.81. The van der Waals surface area contributed by atoms with Gasteiger partial charge in [0.25, 0.3) is 5.91 Å². The van der Waals surface area contributed by atoms with E-state index in [1.54, 1.807) is 6.92 Å². The molecule has 29 heavy (non-hydrogen) atoms. The molecule has 2 aliphatic rings. The summed E-state index contributed by atoms with van der Waals surface area (Å²) in [6, 6.07) is 3.77. The zero-order chi connectivity index (χ0) is 20.4. The molecule has 0 saturated carbocycles. The molecule has 1 aliphatic heterocycles. The predicted molar refractivity (Wildman–Crippen MR) is 110 cm³/mol. The fraction of sp³-hybridized carbons (Fsp3) is 0.545. The van der Waals surface area contributed by atoms with Crippen molar-refractivity contribution in [2.75, 3.05) is 39.4 Å². The zero-order valence-electron chi connectivity index (χ0n) is 17.1. The van der Waals surface area contributed by atoms with Gasteiger partial charge in [-0.1, -0.05) is 0 Å². The average molecular weight is 400 g/mol. The molecule has 1 aliphatic carbocycles. The standard InChI is InChI=1S/C22H28N2O5/c1-14-12-18(20-16-4-3-5-17(16)22(26)29-19(20)13-14)28-15(2)21(25)23-6-7-24-8-10-27-11-9-24/h12-13,15H,3-11H2,1-2H3,(H,23,25). The van der Waals surface area contributed by atoms with E-state index in [0.29, 0.717) is 17.9 Å². The van der Waals surface area contributed by atoms with Crippen molar-refractivity contribution in [2.24, 2.45) is 0 Å². The maximum Gasteiger partial charge on any atom is 0.339 e. The molecule has 7 heteroatoms. The highest BCUT2D eigenvalue weighted by Gasteiger charge is 2.24. The first-order valence-electron chi connectivity index (χ1n) is 10.4. The molecule has 2 heterocycles. The lowest BCUT2D eigenvalue weighted by molar-refractivity contribution is -0.127. The van der Waals surface area contributed by atoms with E-state index in [2.05, 4.69) is 10.2 Å². The van der Waals surface area contributed by atoms with Crippen molar-refractivity contribution in [2.45, 2.75) is 39.2 Å². The number of aryl methyl sites for hydroxylation is 2. The SMILES string of the molecule is Cc1cc(OC(C)C(=O)NCCN2CCOCC2)c2c3c(c(=O)oc2c1)CCC3. The van der Waals surface area contributed by atoms with Gasteiger partial charge in [0.15, 0.2) is 6.10 Å². The zero-order valence-corrected chi connectivity index (χ0v) is 17.1. The van der Waals surface area contributed by atoms with Crippen molar-refractivity contribution in [3.8, 4) is 5.75 Å². The van der Waals surface area contributed by atoms with Crippen LogP contribution in [0.5, 0.6) is 5.75 Å². The number of fused-ring (bicyclic) bond motifs is 3. The molecule has 0 radical (unpaired) electrons. The van der Waals surface area contributed by atoms with Crippen LogP contribution >= 0.6 is 0 Å². The number of ether oxygens (including phenoxy) is 2. The quantitative estimate of drug-likeness (QED) is 0.745. The van der Waals surface area contributed by atoms with E-state index in [1.807, 2.05) is 19.1 Å². The van der Waals surface area contributed by atoms with Gasteiger partial charge in [0.2, 0.25) is 0 Å². The van der Waals surface area contributed by atoms with Gasteiger partial charge >= 0.3 is 5.63 Å². The third kappa shape index (κ3) is 4.31. The third-order valence-corrected chi connectivity index (χ3v) is 5.68. The number of morpholine rings is 1. The lowest BCUT2D eigenvalue weighted by atomic mass is 10.0. The minimum atomic E-state index is -0.645. The summed E-state index contributed by atoms with van der Waals surface area (Å²) in [5.41, 5.74) is 2.95. The molecule has 1 aromatic carbocycles. The van der Waals surface area contributed by atoms with Gasteiger partial charge in [-0.2, -0.15) is 0 Å². The van der Waals surface area contributed by atoms with Crippen molar-refractivity contribution in [3.63, 3.8) is 0 Å². The Kier molecular flexibility index (Phi) is 5.87. The largest absolute Gasteiger partial charge is 0.480 e. The summed E-state index contributed by atoms with van der Waals surface area (Å²) in [7, 11) is 0. The van der Waals surface area contributed by atoms with Crippen molar-refractivity contribution in [3.05, 3.63) is 39.2 Å². The minimum Gasteiger partial charge on any atom is -0.480 e. The first kappa shape index (κ1) is 19.9. The van der Waals surface area contributed by atoms with Crippen LogP contribution in [0.3, 0.4) is 0 Å². The Hall–Kier alpha value is -2.38. The van der Waals surface area contributed by atoms with Crippen LogP contribution in [0.15, 0.2) is 21.3 Å². The Labute approximate surface area is 170 Å². The number of nitrogens with one attached hydrogen (secondary N) is 1. The lowest BCUT2D eigenvalue weighted by Gasteiger charge is -2.26. The van der Waals surface area contributed by atoms with Gasteiger partial charge in [-0.05, 0) is 56.4 Å². The van der Waals surface area contributed by atoms with E-state index in [9.17, 15) is 9.59 Å². The summed E-state index contributed by atoms with van der Waals surface area (Å²) in [4.78, 5) is 27.1. The van der Waals surface area contributed by atoms with Gasteiger partial charge in [-0.15, -0.1) is 0 Å². The number of hydrogen-bond donors (Lipinski definition) is 1. The Bertz CT molecular complexity index is 962. The van der Waals surface area contributed by atoms with Crippen molar-refractivity contribution in [1.29, 1.82) is 0 Å². The fourth-order valence-electron chi connectivity index (χ4n) is 4.15. The van der Waals surface area contributed by atoms with Gasteiger partial charge in [-0.3, -0.25) is 9.69 Å². The number of amides is 1. The lowest BCUT2D eigenvalue weighted by Crippen LogP contribution is -2.43. The fourth-order valence-corrected chi connectivity index (χ4v) is 4.15. The van der Waals surface area contributed by atoms with Crippen LogP contribution in [-0.4, -0.2) is 56.3 Å². The number of benzene rings is 1. The van der Waals surface area contributed by atoms with Gasteiger partial charge in [-0.25, -0.2) is 4.79 Å². The van der Waals surface area contributed by atoms with E-state index in [0.717, 1.165) is 74.2 Å². The van der Waals surface area contributed by atoms with Gasteiger partial charge in [0.05, 0.1) is 18.6 Å². The second kappa shape index (κ2) is 8.55. The third-order valence-electron chi connectivity index (χ3n) is 5.68. The van der Waals surface area contributed by atoms with Crippen molar-refractivity contribution >= 4 is 16.9 Å². The molecule has 1 fully saturated rings. The molecule has 1 unspecified atom stereocenters. The highest BCUT2D eigenvalue weighted by molar-refractivity contribution is 5.89. The molecule has 0 spiro atoms. The van der Waals surface area contributed by atoms with Crippen LogP contribution in [-0.2, 0) is 22.4 Å². The average Bonchev–Trinajstić information content (AvgIpc) is 3.18. The highest BCUT2D eigenvalue weighted by atomic mass is 16.5. The topological polar surface area (TPSA) is 81.0 Å². The first-order valence-corrected chi connectivity index (χ1v) is 10.4. The Balaban J connectivity index is 1.47. The molecular weight excluding hydrogens is 372 g/mol. The Morgan fingerprint density at radius 2 is 2.00 bits per heavy atom. The van der Waals surface area contributed by atoms with Gasteiger partial charge in [0, 0.05) is 31.7 Å². The summed E-state index contributed by atoms with van der Waals surface area (Å²) in [6.07, 6.45) is 1.85. The maximum atomic E-state index is 12.5. The van der Waals surface area contributed by atoms with Crippen molar-refractivity contribution < 1.29 is 18.7 Å². The molecule has 4 rings (SSSR count). The normalized spacial score (nSPS) is 17.9. The van der Waals surface area contributed by atoms with E-state index in [4.69, 9.17) is 13.9 Å². The van der Waals surface area contributed by atoms with Crippen LogP contribution in [0.25, 0.3) is 11.0 Å². The maximum absolute atomic E-state index is 12.5. The summed E-state index contributed by atoms with van der Waals surface area (Å²) in [6.45, 7) is 8.33.